The van der Waals surface area contributed by atoms with Gasteiger partial charge in [-0.1, -0.05) is 0 Å². The molecule has 0 radical (unpaired) electrons. The van der Waals surface area contributed by atoms with Crippen LogP contribution in [0.5, 0.6) is 5.75 Å². The Bertz CT molecular complexity index is 552. The lowest BCUT2D eigenvalue weighted by Crippen LogP contribution is -2.00. The van der Waals surface area contributed by atoms with Gasteiger partial charge in [0.15, 0.2) is 5.76 Å². The zero-order chi connectivity index (χ0) is 12.4. The molecule has 0 aliphatic rings. The number of aryl methyl sites for hydroxylation is 2. The monoisotopic (exact) mass is 230 g/mol. The predicted octanol–water partition coefficient (Wildman–Crippen LogP) is 3.14. The van der Waals surface area contributed by atoms with Gasteiger partial charge in [-0.05, 0) is 49.7 Å². The van der Waals surface area contributed by atoms with Crippen LogP contribution < -0.4 is 4.74 Å². The van der Waals surface area contributed by atoms with Crippen LogP contribution in [-0.4, -0.2) is 12.9 Å². The minimum absolute atomic E-state index is 0.108. The number of rotatable bonds is 3. The fourth-order valence-corrected chi connectivity index (χ4v) is 1.72. The molecule has 0 aliphatic carbocycles. The molecule has 0 bridgehead atoms. The van der Waals surface area contributed by atoms with Gasteiger partial charge in [-0.15, -0.1) is 0 Å². The number of methoxy groups -OCH3 is 1. The lowest BCUT2D eigenvalue weighted by atomic mass is 10.1. The lowest BCUT2D eigenvalue weighted by Gasteiger charge is -2.05. The minimum Gasteiger partial charge on any atom is -0.496 e. The Balaban J connectivity index is 2.35. The summed E-state index contributed by atoms with van der Waals surface area (Å²) in [7, 11) is 1.61. The van der Waals surface area contributed by atoms with Gasteiger partial charge >= 0.3 is 0 Å². The molecular weight excluding hydrogens is 216 g/mol. The van der Waals surface area contributed by atoms with Crippen molar-refractivity contribution in [1.29, 1.82) is 0 Å². The highest BCUT2D eigenvalue weighted by molar-refractivity contribution is 6.07. The molecule has 1 aromatic heterocycles. The smallest absolute Gasteiger partial charge is 0.228 e. The molecule has 0 fully saturated rings. The Labute approximate surface area is 100 Å². The molecule has 0 amide bonds. The van der Waals surface area contributed by atoms with E-state index in [0.29, 0.717) is 11.3 Å². The topological polar surface area (TPSA) is 39.4 Å². The Hall–Kier alpha value is -2.03. The van der Waals surface area contributed by atoms with Gasteiger partial charge in [-0.3, -0.25) is 4.79 Å². The van der Waals surface area contributed by atoms with Gasteiger partial charge < -0.3 is 9.15 Å². The Morgan fingerprint density at radius 1 is 1.18 bits per heavy atom. The van der Waals surface area contributed by atoms with Crippen molar-refractivity contribution < 1.29 is 13.9 Å². The first-order valence-corrected chi connectivity index (χ1v) is 5.37. The zero-order valence-corrected chi connectivity index (χ0v) is 10.1. The fraction of sp³-hybridized carbons (Fsp3) is 0.214. The lowest BCUT2D eigenvalue weighted by molar-refractivity contribution is 0.101. The first-order chi connectivity index (χ1) is 8.11. The van der Waals surface area contributed by atoms with Gasteiger partial charge in [-0.2, -0.15) is 0 Å². The molecule has 2 rings (SSSR count). The van der Waals surface area contributed by atoms with Crippen molar-refractivity contribution >= 4 is 5.78 Å². The zero-order valence-electron chi connectivity index (χ0n) is 10.1. The molecule has 1 aromatic carbocycles. The van der Waals surface area contributed by atoms with E-state index < -0.39 is 0 Å². The van der Waals surface area contributed by atoms with Crippen molar-refractivity contribution in [2.45, 2.75) is 13.8 Å². The van der Waals surface area contributed by atoms with E-state index in [-0.39, 0.29) is 5.78 Å². The first-order valence-electron chi connectivity index (χ1n) is 5.37. The number of ketones is 1. The molecule has 0 saturated heterocycles. The van der Waals surface area contributed by atoms with Crippen molar-refractivity contribution in [3.8, 4) is 5.75 Å². The minimum atomic E-state index is -0.108. The maximum Gasteiger partial charge on any atom is 0.228 e. The van der Waals surface area contributed by atoms with Crippen LogP contribution in [-0.2, 0) is 0 Å². The molecule has 3 nitrogen and oxygen atoms in total. The van der Waals surface area contributed by atoms with E-state index in [1.165, 1.54) is 0 Å². The number of carbonyl (C=O) groups excluding carboxylic acids is 1. The van der Waals surface area contributed by atoms with E-state index in [0.717, 1.165) is 17.1 Å². The van der Waals surface area contributed by atoms with Crippen LogP contribution in [0, 0.1) is 13.8 Å². The number of ether oxygens (including phenoxy) is 1. The summed E-state index contributed by atoms with van der Waals surface area (Å²) in [6.45, 7) is 3.72. The van der Waals surface area contributed by atoms with Gasteiger partial charge in [0, 0.05) is 5.56 Å². The van der Waals surface area contributed by atoms with Crippen LogP contribution >= 0.6 is 0 Å². The van der Waals surface area contributed by atoms with Crippen molar-refractivity contribution in [2.24, 2.45) is 0 Å². The highest BCUT2D eigenvalue weighted by Gasteiger charge is 2.13. The van der Waals surface area contributed by atoms with Crippen LogP contribution in [0.25, 0.3) is 0 Å². The Kier molecular flexibility index (Phi) is 3.00. The van der Waals surface area contributed by atoms with E-state index in [1.807, 2.05) is 13.8 Å². The van der Waals surface area contributed by atoms with E-state index in [4.69, 9.17) is 9.15 Å². The van der Waals surface area contributed by atoms with Crippen LogP contribution in [0.1, 0.15) is 27.4 Å². The Morgan fingerprint density at radius 2 is 1.94 bits per heavy atom. The van der Waals surface area contributed by atoms with Crippen LogP contribution in [0.3, 0.4) is 0 Å². The van der Waals surface area contributed by atoms with Gasteiger partial charge in [0.25, 0.3) is 0 Å². The number of hydrogen-bond acceptors (Lipinski definition) is 3. The molecule has 3 heteroatoms. The summed E-state index contributed by atoms with van der Waals surface area (Å²) in [5, 5.41) is 0. The second-order valence-electron chi connectivity index (χ2n) is 3.92. The molecule has 17 heavy (non-hydrogen) atoms. The van der Waals surface area contributed by atoms with E-state index >= 15 is 0 Å². The van der Waals surface area contributed by atoms with Crippen molar-refractivity contribution in [3.05, 3.63) is 53.0 Å². The van der Waals surface area contributed by atoms with E-state index in [2.05, 4.69) is 0 Å². The summed E-state index contributed by atoms with van der Waals surface area (Å²) in [6.07, 6.45) is 0. The molecule has 0 saturated carbocycles. The maximum absolute atomic E-state index is 12.1. The molecule has 88 valence electrons. The maximum atomic E-state index is 12.1. The first kappa shape index (κ1) is 11.5. The van der Waals surface area contributed by atoms with Crippen LogP contribution in [0.2, 0.25) is 0 Å². The van der Waals surface area contributed by atoms with Crippen molar-refractivity contribution in [1.82, 2.24) is 0 Å². The molecule has 0 N–H and O–H groups in total. The average Bonchev–Trinajstić information content (AvgIpc) is 2.75. The largest absolute Gasteiger partial charge is 0.496 e. The van der Waals surface area contributed by atoms with Gasteiger partial charge in [-0.25, -0.2) is 0 Å². The molecule has 1 heterocycles. The van der Waals surface area contributed by atoms with E-state index in [1.54, 1.807) is 37.4 Å². The Morgan fingerprint density at radius 3 is 2.47 bits per heavy atom. The number of hydrogen-bond donors (Lipinski definition) is 0. The molecule has 0 atom stereocenters. The average molecular weight is 230 g/mol. The summed E-state index contributed by atoms with van der Waals surface area (Å²) in [5.41, 5.74) is 1.54. The van der Waals surface area contributed by atoms with Gasteiger partial charge in [0.1, 0.15) is 11.5 Å². The van der Waals surface area contributed by atoms with Crippen LogP contribution in [0.15, 0.2) is 34.7 Å². The highest BCUT2D eigenvalue weighted by Crippen LogP contribution is 2.21. The SMILES string of the molecule is COc1ccc(C(=O)c2ccc(C)o2)cc1C. The van der Waals surface area contributed by atoms with Gasteiger partial charge in [0.05, 0.1) is 7.11 Å². The molecule has 0 aliphatic heterocycles. The third kappa shape index (κ3) is 2.23. The normalized spacial score (nSPS) is 10.3. The summed E-state index contributed by atoms with van der Waals surface area (Å²) >= 11 is 0. The number of benzene rings is 1. The summed E-state index contributed by atoms with van der Waals surface area (Å²) in [5.74, 6) is 1.77. The standard InChI is InChI=1S/C14H14O3/c1-9-8-11(5-7-12(9)16-3)14(15)13-6-4-10(2)17-13/h4-8H,1-3H3. The third-order valence-corrected chi connectivity index (χ3v) is 2.62. The van der Waals surface area contributed by atoms with Crippen LogP contribution in [0.4, 0.5) is 0 Å². The number of carbonyl (C=O) groups is 1. The predicted molar refractivity (Wildman–Crippen MR) is 64.6 cm³/mol. The van der Waals surface area contributed by atoms with Crippen molar-refractivity contribution in [3.63, 3.8) is 0 Å². The summed E-state index contributed by atoms with van der Waals surface area (Å²) < 4.78 is 10.5. The van der Waals surface area contributed by atoms with Gasteiger partial charge in [0.2, 0.25) is 5.78 Å². The summed E-state index contributed by atoms with van der Waals surface area (Å²) in [6, 6.07) is 8.81. The third-order valence-electron chi connectivity index (χ3n) is 2.62. The second-order valence-corrected chi connectivity index (χ2v) is 3.92. The fourth-order valence-electron chi connectivity index (χ4n) is 1.72. The molecule has 0 unspecified atom stereocenters. The summed E-state index contributed by atoms with van der Waals surface area (Å²) in [4.78, 5) is 12.1. The molecule has 2 aromatic rings. The molecule has 0 spiro atoms. The highest BCUT2D eigenvalue weighted by atomic mass is 16.5. The van der Waals surface area contributed by atoms with E-state index in [9.17, 15) is 4.79 Å². The molecular formula is C14H14O3. The quantitative estimate of drug-likeness (QED) is 0.760. The number of furan rings is 1. The second kappa shape index (κ2) is 4.45. The van der Waals surface area contributed by atoms with Crippen molar-refractivity contribution in [2.75, 3.05) is 7.11 Å².